The van der Waals surface area contributed by atoms with Crippen LogP contribution in [0.2, 0.25) is 0 Å². The van der Waals surface area contributed by atoms with E-state index in [2.05, 4.69) is 11.9 Å². The number of nitrogens with one attached hydrogen (secondary N) is 1. The van der Waals surface area contributed by atoms with Gasteiger partial charge in [-0.15, -0.1) is 0 Å². The Balaban J connectivity index is 2.20. The first-order valence-corrected chi connectivity index (χ1v) is 7.13. The zero-order chi connectivity index (χ0) is 15.8. The lowest BCUT2D eigenvalue weighted by Gasteiger charge is -2.36. The lowest BCUT2D eigenvalue weighted by atomic mass is 10.2. The summed E-state index contributed by atoms with van der Waals surface area (Å²) in [5, 5.41) is 11.8. The predicted molar refractivity (Wildman–Crippen MR) is 79.3 cm³/mol. The molecule has 120 valence electrons. The molecule has 1 atom stereocenters. The highest BCUT2D eigenvalue weighted by Crippen LogP contribution is 2.06. The minimum Gasteiger partial charge on any atom is -0.480 e. The van der Waals surface area contributed by atoms with Crippen molar-refractivity contribution in [2.24, 2.45) is 0 Å². The van der Waals surface area contributed by atoms with Crippen LogP contribution in [0.3, 0.4) is 0 Å². The van der Waals surface area contributed by atoms with Gasteiger partial charge < -0.3 is 20.1 Å². The third-order valence-electron chi connectivity index (χ3n) is 3.38. The van der Waals surface area contributed by atoms with E-state index in [4.69, 9.17) is 9.84 Å². The smallest absolute Gasteiger partial charge is 0.320 e. The number of rotatable bonds is 7. The van der Waals surface area contributed by atoms with E-state index in [1.165, 1.54) is 0 Å². The molecule has 1 aliphatic rings. The van der Waals surface area contributed by atoms with Crippen molar-refractivity contribution in [3.05, 3.63) is 12.2 Å². The molecule has 1 saturated heterocycles. The minimum atomic E-state index is -0.831. The predicted octanol–water partition coefficient (Wildman–Crippen LogP) is 0.379. The molecule has 1 fully saturated rings. The lowest BCUT2D eigenvalue weighted by molar-refractivity contribution is -0.143. The van der Waals surface area contributed by atoms with Crippen molar-refractivity contribution in [2.75, 3.05) is 45.9 Å². The molecule has 1 aliphatic heterocycles. The zero-order valence-corrected chi connectivity index (χ0v) is 12.8. The van der Waals surface area contributed by atoms with Crippen LogP contribution in [0, 0.1) is 0 Å². The Kier molecular flexibility index (Phi) is 7.18. The summed E-state index contributed by atoms with van der Waals surface area (Å²) >= 11 is 0. The summed E-state index contributed by atoms with van der Waals surface area (Å²) in [5.74, 6) is -0.831. The van der Waals surface area contributed by atoms with Crippen molar-refractivity contribution in [3.63, 3.8) is 0 Å². The first-order valence-electron chi connectivity index (χ1n) is 7.13. The third kappa shape index (κ3) is 6.14. The molecule has 2 amide bonds. The minimum absolute atomic E-state index is 0.128. The van der Waals surface area contributed by atoms with E-state index >= 15 is 0 Å². The Hall–Kier alpha value is -1.60. The average molecular weight is 299 g/mol. The van der Waals surface area contributed by atoms with Gasteiger partial charge in [0.05, 0.1) is 13.2 Å². The summed E-state index contributed by atoms with van der Waals surface area (Å²) in [6, 6.07) is -0.637. The maximum atomic E-state index is 11.9. The number of amides is 2. The highest BCUT2D eigenvalue weighted by molar-refractivity contribution is 5.74. The molecule has 21 heavy (non-hydrogen) atoms. The van der Waals surface area contributed by atoms with Crippen molar-refractivity contribution >= 4 is 12.0 Å². The SMILES string of the molecule is C=C(C)COCCNC(=O)N1CCN(C(C)C(=O)O)CC1. The first-order chi connectivity index (χ1) is 9.91. The molecule has 0 spiro atoms. The molecule has 0 aromatic heterocycles. The number of carbonyl (C=O) groups excluding carboxylic acids is 1. The van der Waals surface area contributed by atoms with Crippen LogP contribution in [0.15, 0.2) is 12.2 Å². The summed E-state index contributed by atoms with van der Waals surface area (Å²) in [6.45, 7) is 10.9. The van der Waals surface area contributed by atoms with Crippen LogP contribution in [0.25, 0.3) is 0 Å². The van der Waals surface area contributed by atoms with E-state index in [1.54, 1.807) is 11.8 Å². The molecule has 0 aromatic carbocycles. The van der Waals surface area contributed by atoms with Gasteiger partial charge in [0.25, 0.3) is 0 Å². The Morgan fingerprint density at radius 1 is 1.33 bits per heavy atom. The molecular weight excluding hydrogens is 274 g/mol. The number of hydrogen-bond acceptors (Lipinski definition) is 4. The second kappa shape index (κ2) is 8.63. The van der Waals surface area contributed by atoms with Gasteiger partial charge in [-0.25, -0.2) is 4.79 Å². The Labute approximate surface area is 125 Å². The fourth-order valence-electron chi connectivity index (χ4n) is 2.06. The summed E-state index contributed by atoms with van der Waals surface area (Å²) in [7, 11) is 0. The van der Waals surface area contributed by atoms with Crippen molar-refractivity contribution in [1.29, 1.82) is 0 Å². The largest absolute Gasteiger partial charge is 0.480 e. The molecular formula is C14H25N3O4. The number of aliphatic carboxylic acids is 1. The zero-order valence-electron chi connectivity index (χ0n) is 12.8. The van der Waals surface area contributed by atoms with Gasteiger partial charge in [-0.2, -0.15) is 0 Å². The van der Waals surface area contributed by atoms with E-state index in [9.17, 15) is 9.59 Å². The number of nitrogens with zero attached hydrogens (tertiary/aromatic N) is 2. The third-order valence-corrected chi connectivity index (χ3v) is 3.38. The number of carbonyl (C=O) groups is 2. The maximum absolute atomic E-state index is 11.9. The molecule has 7 nitrogen and oxygen atoms in total. The maximum Gasteiger partial charge on any atom is 0.320 e. The number of carboxylic acid groups (broad SMARTS) is 1. The van der Waals surface area contributed by atoms with Crippen molar-refractivity contribution in [3.8, 4) is 0 Å². The quantitative estimate of drug-likeness (QED) is 0.524. The number of ether oxygens (including phenoxy) is 1. The van der Waals surface area contributed by atoms with Gasteiger partial charge in [0, 0.05) is 32.7 Å². The molecule has 0 aliphatic carbocycles. The monoisotopic (exact) mass is 299 g/mol. The van der Waals surface area contributed by atoms with Crippen LogP contribution >= 0.6 is 0 Å². The molecule has 1 heterocycles. The fraction of sp³-hybridized carbons (Fsp3) is 0.714. The molecule has 7 heteroatoms. The standard InChI is InChI=1S/C14H25N3O4/c1-11(2)10-21-9-4-15-14(20)17-7-5-16(6-8-17)12(3)13(18)19/h12H,1,4-10H2,2-3H3,(H,15,20)(H,18,19). The van der Waals surface area contributed by atoms with Gasteiger partial charge >= 0.3 is 12.0 Å². The number of carboxylic acids is 1. The molecule has 1 rings (SSSR count). The molecule has 0 radical (unpaired) electrons. The van der Waals surface area contributed by atoms with Crippen LogP contribution in [-0.2, 0) is 9.53 Å². The fourth-order valence-corrected chi connectivity index (χ4v) is 2.06. The van der Waals surface area contributed by atoms with E-state index < -0.39 is 12.0 Å². The van der Waals surface area contributed by atoms with Crippen LogP contribution in [0.4, 0.5) is 4.79 Å². The van der Waals surface area contributed by atoms with Crippen molar-refractivity contribution in [1.82, 2.24) is 15.1 Å². The second-order valence-corrected chi connectivity index (χ2v) is 5.28. The topological polar surface area (TPSA) is 82.1 Å². The van der Waals surface area contributed by atoms with E-state index in [1.807, 2.05) is 11.8 Å². The van der Waals surface area contributed by atoms with Gasteiger partial charge in [0.15, 0.2) is 0 Å². The molecule has 0 bridgehead atoms. The van der Waals surface area contributed by atoms with Gasteiger partial charge in [0.2, 0.25) is 0 Å². The van der Waals surface area contributed by atoms with E-state index in [-0.39, 0.29) is 6.03 Å². The number of hydrogen-bond donors (Lipinski definition) is 2. The average Bonchev–Trinajstić information content (AvgIpc) is 2.45. The summed E-state index contributed by atoms with van der Waals surface area (Å²) in [5.41, 5.74) is 0.949. The summed E-state index contributed by atoms with van der Waals surface area (Å²) in [4.78, 5) is 26.4. The number of urea groups is 1. The van der Waals surface area contributed by atoms with Crippen LogP contribution in [0.1, 0.15) is 13.8 Å². The lowest BCUT2D eigenvalue weighted by Crippen LogP contribution is -2.55. The van der Waals surface area contributed by atoms with Gasteiger partial charge in [-0.1, -0.05) is 12.2 Å². The number of piperazine rings is 1. The van der Waals surface area contributed by atoms with E-state index in [0.29, 0.717) is 45.9 Å². The molecule has 2 N–H and O–H groups in total. The Morgan fingerprint density at radius 2 is 1.95 bits per heavy atom. The Morgan fingerprint density at radius 3 is 2.48 bits per heavy atom. The summed E-state index contributed by atoms with van der Waals surface area (Å²) in [6.07, 6.45) is 0. The first kappa shape index (κ1) is 17.5. The van der Waals surface area contributed by atoms with Crippen molar-refractivity contribution < 1.29 is 19.4 Å². The Bertz CT molecular complexity index is 378. The normalized spacial score (nSPS) is 17.3. The van der Waals surface area contributed by atoms with Gasteiger partial charge in [-0.05, 0) is 13.8 Å². The van der Waals surface area contributed by atoms with Crippen molar-refractivity contribution in [2.45, 2.75) is 19.9 Å². The highest BCUT2D eigenvalue weighted by atomic mass is 16.5. The van der Waals surface area contributed by atoms with Crippen LogP contribution in [-0.4, -0.2) is 78.9 Å². The summed E-state index contributed by atoms with van der Waals surface area (Å²) < 4.78 is 5.30. The van der Waals surface area contributed by atoms with Gasteiger partial charge in [0.1, 0.15) is 6.04 Å². The van der Waals surface area contributed by atoms with Crippen LogP contribution in [0.5, 0.6) is 0 Å². The molecule has 0 saturated carbocycles. The van der Waals surface area contributed by atoms with Gasteiger partial charge in [-0.3, -0.25) is 9.69 Å². The molecule has 0 aromatic rings. The highest BCUT2D eigenvalue weighted by Gasteiger charge is 2.26. The van der Waals surface area contributed by atoms with E-state index in [0.717, 1.165) is 5.57 Å². The van der Waals surface area contributed by atoms with Crippen LogP contribution < -0.4 is 5.32 Å². The second-order valence-electron chi connectivity index (χ2n) is 5.28. The molecule has 1 unspecified atom stereocenters.